The van der Waals surface area contributed by atoms with E-state index in [0.717, 1.165) is 172 Å². The molecule has 4 aliphatic heterocycles. The summed E-state index contributed by atoms with van der Waals surface area (Å²) in [6.07, 6.45) is 9.78. The molecule has 4 saturated heterocycles. The molecule has 0 saturated carbocycles. The van der Waals surface area contributed by atoms with Gasteiger partial charge in [-0.15, -0.1) is 0 Å². The molecule has 0 spiro atoms. The summed E-state index contributed by atoms with van der Waals surface area (Å²) in [5.74, 6) is 2.48. The number of likely N-dealkylation sites (N-methyl/N-ethyl adjacent to an activating group) is 1. The van der Waals surface area contributed by atoms with Crippen molar-refractivity contribution in [1.29, 1.82) is 0 Å². The summed E-state index contributed by atoms with van der Waals surface area (Å²) in [5.41, 5.74) is 18.2. The number of fused-ring (bicyclic) bond motifs is 8. The second-order valence-electron chi connectivity index (χ2n) is 30.3. The van der Waals surface area contributed by atoms with E-state index in [0.29, 0.717) is 97.3 Å². The second kappa shape index (κ2) is 31.1. The molecule has 4 fully saturated rings. The van der Waals surface area contributed by atoms with Crippen LogP contribution in [0.2, 0.25) is 0 Å². The van der Waals surface area contributed by atoms with Crippen molar-refractivity contribution in [3.05, 3.63) is 235 Å². The van der Waals surface area contributed by atoms with Crippen LogP contribution in [0.4, 0.5) is 22.7 Å². The van der Waals surface area contributed by atoms with Crippen LogP contribution in [0.15, 0.2) is 207 Å². The lowest BCUT2D eigenvalue weighted by Gasteiger charge is -2.40. The number of hydrogen-bond acceptors (Lipinski definition) is 24. The maximum absolute atomic E-state index is 12.9. The molecule has 16 heterocycles. The first-order valence-corrected chi connectivity index (χ1v) is 38.7. The quantitative estimate of drug-likeness (QED) is 0.127. The molecule has 0 radical (unpaired) electrons. The van der Waals surface area contributed by atoms with Gasteiger partial charge in [-0.05, 0) is 151 Å². The Labute approximate surface area is 654 Å². The van der Waals surface area contributed by atoms with Crippen LogP contribution < -0.4 is 57.8 Å². The number of nitrogens with zero attached hydrogens (tertiary/aromatic N) is 17. The van der Waals surface area contributed by atoms with Gasteiger partial charge < -0.3 is 58.1 Å². The summed E-state index contributed by atoms with van der Waals surface area (Å²) < 4.78 is 28.9. The molecule has 28 nitrogen and oxygen atoms in total. The van der Waals surface area contributed by atoms with Crippen LogP contribution in [0.1, 0.15) is 57.2 Å². The Balaban J connectivity index is 0.000000110. The second-order valence-corrected chi connectivity index (χ2v) is 30.3. The van der Waals surface area contributed by atoms with Gasteiger partial charge in [0.25, 0.3) is 22.2 Å². The number of benzene rings is 4. The maximum atomic E-state index is 12.9. The lowest BCUT2D eigenvalue weighted by atomic mass is 10.0. The summed E-state index contributed by atoms with van der Waals surface area (Å²) in [6.45, 7) is 27.3. The zero-order valence-corrected chi connectivity index (χ0v) is 64.9. The van der Waals surface area contributed by atoms with E-state index in [4.69, 9.17) is 37.6 Å². The Hall–Kier alpha value is -12.8. The van der Waals surface area contributed by atoms with Gasteiger partial charge in [-0.3, -0.25) is 36.8 Å². The summed E-state index contributed by atoms with van der Waals surface area (Å²) >= 11 is 0. The molecule has 1 atom stereocenters. The third-order valence-electron chi connectivity index (χ3n) is 21.2. The highest BCUT2D eigenvalue weighted by atomic mass is 16.4. The average Bonchev–Trinajstić information content (AvgIpc) is 1.35. The molecular formula is C86H88N20O8. The van der Waals surface area contributed by atoms with E-state index in [-0.39, 0.29) is 27.8 Å². The lowest BCUT2D eigenvalue weighted by molar-refractivity contribution is 0.353. The lowest BCUT2D eigenvalue weighted by Crippen LogP contribution is -2.57. The minimum atomic E-state index is -0.102. The minimum absolute atomic E-state index is 0.0397. The topological polar surface area (TPSA) is 294 Å². The molecule has 4 aromatic carbocycles. The molecule has 0 amide bonds. The zero-order chi connectivity index (χ0) is 78.5. The molecule has 0 unspecified atom stereocenters. The highest BCUT2D eigenvalue weighted by Gasteiger charge is 2.27. The van der Waals surface area contributed by atoms with E-state index in [9.17, 15) is 19.2 Å². The van der Waals surface area contributed by atoms with Crippen LogP contribution in [0, 0.1) is 27.7 Å². The van der Waals surface area contributed by atoms with Crippen molar-refractivity contribution in [2.45, 2.75) is 72.9 Å². The number of rotatable bonds is 8. The fourth-order valence-electron chi connectivity index (χ4n) is 15.4. The van der Waals surface area contributed by atoms with E-state index in [2.05, 4.69) is 94.3 Å². The van der Waals surface area contributed by atoms with Crippen molar-refractivity contribution in [2.75, 3.05) is 118 Å². The number of pyridine rings is 4. The Kier molecular flexibility index (Phi) is 20.2. The average molecular weight is 1530 g/mol. The van der Waals surface area contributed by atoms with Gasteiger partial charge >= 0.3 is 0 Å². The third-order valence-corrected chi connectivity index (χ3v) is 21.2. The van der Waals surface area contributed by atoms with Crippen molar-refractivity contribution in [3.63, 3.8) is 0 Å². The van der Waals surface area contributed by atoms with E-state index in [1.807, 2.05) is 168 Å². The van der Waals surface area contributed by atoms with Gasteiger partial charge in [0.05, 0.1) is 45.5 Å². The van der Waals surface area contributed by atoms with Gasteiger partial charge in [-0.2, -0.15) is 0 Å². The summed E-state index contributed by atoms with van der Waals surface area (Å²) in [7, 11) is 2.15. The zero-order valence-electron chi connectivity index (χ0n) is 64.9. The Morgan fingerprint density at radius 1 is 0.368 bits per heavy atom. The molecule has 0 bridgehead atoms. The molecule has 12 aromatic heterocycles. The van der Waals surface area contributed by atoms with Gasteiger partial charge in [0.2, 0.25) is 0 Å². The molecule has 28 heteroatoms. The molecule has 20 rings (SSSR count). The van der Waals surface area contributed by atoms with Gasteiger partial charge in [0, 0.05) is 189 Å². The highest BCUT2D eigenvalue weighted by Crippen LogP contribution is 2.31. The van der Waals surface area contributed by atoms with Crippen molar-refractivity contribution in [3.8, 4) is 45.0 Å². The van der Waals surface area contributed by atoms with Gasteiger partial charge in [-0.25, -0.2) is 39.9 Å². The van der Waals surface area contributed by atoms with Crippen LogP contribution >= 0.6 is 0 Å². The first-order chi connectivity index (χ1) is 55.2. The van der Waals surface area contributed by atoms with Crippen molar-refractivity contribution in [2.24, 2.45) is 0 Å². The number of anilines is 4. The SMILES string of the molecule is Cc1nc2ccc(-c3cc(=O)n4cc(N5CCCN(C)CC5)ccc4n3)cc2o1.Cc1nc2ccc(-c3cc(=O)n4cc(N5CCCNCC5)ccc4n3)cc2o1.Cc1nc2ccc(-c3cc(=O)n4cc(N5CCNC(C)(C)C5)ccc4n3)cc2o1.Cc1nc2ccc(-c3cc(=O)n4cc(N5CCN[C@H](C)C5)ccc4n3)cc2o1. The van der Waals surface area contributed by atoms with Gasteiger partial charge in [0.15, 0.2) is 45.9 Å². The van der Waals surface area contributed by atoms with E-state index < -0.39 is 0 Å². The van der Waals surface area contributed by atoms with Crippen LogP contribution in [-0.4, -0.2) is 173 Å². The number of hydrogen-bond donors (Lipinski definition) is 3. The fraction of sp³-hybridized carbons (Fsp3) is 0.302. The summed E-state index contributed by atoms with van der Waals surface area (Å²) in [6, 6.07) is 45.3. The molecule has 580 valence electrons. The molecule has 16 aromatic rings. The van der Waals surface area contributed by atoms with Crippen LogP contribution in [0.5, 0.6) is 0 Å². The van der Waals surface area contributed by atoms with Crippen LogP contribution in [-0.2, 0) is 0 Å². The minimum Gasteiger partial charge on any atom is -0.441 e. The number of piperazine rings is 2. The largest absolute Gasteiger partial charge is 0.441 e. The predicted molar refractivity (Wildman–Crippen MR) is 445 cm³/mol. The number of aromatic nitrogens is 12. The van der Waals surface area contributed by atoms with Crippen molar-refractivity contribution in [1.82, 2.24) is 78.3 Å². The van der Waals surface area contributed by atoms with E-state index in [1.165, 1.54) is 0 Å². The highest BCUT2D eigenvalue weighted by molar-refractivity contribution is 5.83. The number of oxazole rings is 4. The Morgan fingerprint density at radius 2 is 0.728 bits per heavy atom. The molecule has 0 aliphatic carbocycles. The predicted octanol–water partition coefficient (Wildman–Crippen LogP) is 11.2. The number of aryl methyl sites for hydroxylation is 4. The standard InChI is InChI=1S/2C22H23N5O2.2C21H21N5O2/c1-14-24-17-6-4-15(10-19(17)29-14)18-11-21(28)27-12-16(5-7-20(27)25-18)26-9-8-23-22(2,3)13-26;1-15-23-18-6-4-16(12-20(18)29-15)19-13-22(28)27-14-17(5-7-21(27)24-19)26-9-3-8-25(2)10-11-26;1-13-11-25(8-7-22-13)16-4-6-20-24-18(10-21(27)26(20)12-16)15-3-5-17-19(9-15)28-14(2)23-17;1-14-23-17-5-3-15(11-19(17)28-14)18-12-21(27)26-13-16(4-6-20(26)24-18)25-9-2-7-22-8-10-25/h4-7,10-12,23H,8-9,13H2,1-3H3;4-7,12-14H,3,8-11H2,1-2H3;3-6,9-10,12-13,22H,7-8,11H2,1-2H3;3-6,11-13,22H,2,7-10H2,1H3/t;;13-;/m..1./s1. The first-order valence-electron chi connectivity index (χ1n) is 38.7. The van der Waals surface area contributed by atoms with Crippen molar-refractivity contribution >= 4 is 89.7 Å². The first kappa shape index (κ1) is 74.0. The Morgan fingerprint density at radius 3 is 1.12 bits per heavy atom. The fourth-order valence-corrected chi connectivity index (χ4v) is 15.4. The number of nitrogens with one attached hydrogen (secondary N) is 3. The summed E-state index contributed by atoms with van der Waals surface area (Å²) in [4.78, 5) is 99.0. The van der Waals surface area contributed by atoms with E-state index >= 15 is 0 Å². The molecule has 4 aliphatic rings. The smallest absolute Gasteiger partial charge is 0.258 e. The van der Waals surface area contributed by atoms with Crippen LogP contribution in [0.3, 0.4) is 0 Å². The summed E-state index contributed by atoms with van der Waals surface area (Å²) in [5, 5.41) is 10.3. The monoisotopic (exact) mass is 1530 g/mol. The van der Waals surface area contributed by atoms with Gasteiger partial charge in [0.1, 0.15) is 44.7 Å². The normalized spacial score (nSPS) is 16.3. The van der Waals surface area contributed by atoms with Crippen molar-refractivity contribution < 1.29 is 17.7 Å². The third kappa shape index (κ3) is 15.9. The molecular weight excluding hydrogens is 1440 g/mol. The van der Waals surface area contributed by atoms with Gasteiger partial charge in [-0.1, -0.05) is 24.3 Å². The maximum Gasteiger partial charge on any atom is 0.258 e. The Bertz CT molecular complexity index is 6410. The van der Waals surface area contributed by atoms with E-state index in [1.54, 1.807) is 41.9 Å². The van der Waals surface area contributed by atoms with Crippen LogP contribution in [0.25, 0.3) is 112 Å². The molecule has 3 N–H and O–H groups in total. The molecule has 114 heavy (non-hydrogen) atoms.